The van der Waals surface area contributed by atoms with E-state index in [2.05, 4.69) is 15.3 Å². The molecule has 2 heterocycles. The van der Waals surface area contributed by atoms with Gasteiger partial charge in [-0.2, -0.15) is 0 Å². The highest BCUT2D eigenvalue weighted by atomic mass is 35.5. The number of benzene rings is 1. The van der Waals surface area contributed by atoms with E-state index in [9.17, 15) is 13.2 Å². The van der Waals surface area contributed by atoms with Crippen molar-refractivity contribution in [2.75, 3.05) is 18.2 Å². The maximum atomic E-state index is 13.2. The fourth-order valence-corrected chi connectivity index (χ4v) is 5.40. The van der Waals surface area contributed by atoms with Gasteiger partial charge < -0.3 is 10.1 Å². The van der Waals surface area contributed by atoms with Crippen LogP contribution in [0.5, 0.6) is 0 Å². The average molecular weight is 488 g/mol. The number of aromatic nitrogens is 2. The number of hydrogen-bond acceptors (Lipinski definition) is 6. The molecule has 33 heavy (non-hydrogen) atoms. The van der Waals surface area contributed by atoms with Gasteiger partial charge in [-0.25, -0.2) is 18.4 Å². The fraction of sp³-hybridized carbons (Fsp3) is 0.375. The van der Waals surface area contributed by atoms with E-state index in [0.29, 0.717) is 35.0 Å². The van der Waals surface area contributed by atoms with Crippen molar-refractivity contribution in [2.45, 2.75) is 43.4 Å². The van der Waals surface area contributed by atoms with Crippen molar-refractivity contribution in [3.05, 3.63) is 59.0 Å². The second-order valence-electron chi connectivity index (χ2n) is 8.34. The highest BCUT2D eigenvalue weighted by Crippen LogP contribution is 2.32. The molecule has 174 valence electrons. The maximum absolute atomic E-state index is 13.2. The first-order valence-electron chi connectivity index (χ1n) is 11.0. The maximum Gasteiger partial charge on any atom is 0.257 e. The molecular formula is C24H26ClN3O4S. The van der Waals surface area contributed by atoms with Gasteiger partial charge in [-0.3, -0.25) is 4.79 Å². The molecule has 4 rings (SSSR count). The van der Waals surface area contributed by atoms with Crippen molar-refractivity contribution in [3.63, 3.8) is 0 Å². The van der Waals surface area contributed by atoms with Crippen molar-refractivity contribution in [1.29, 1.82) is 0 Å². The summed E-state index contributed by atoms with van der Waals surface area (Å²) in [5.74, 6) is 0.952. The molecule has 7 nitrogen and oxygen atoms in total. The molecule has 2 aromatic rings. The number of amides is 1. The van der Waals surface area contributed by atoms with E-state index >= 15 is 0 Å². The minimum atomic E-state index is -3.47. The summed E-state index contributed by atoms with van der Waals surface area (Å²) in [5, 5.41) is 2.89. The van der Waals surface area contributed by atoms with E-state index in [4.69, 9.17) is 16.3 Å². The van der Waals surface area contributed by atoms with Crippen LogP contribution in [0.3, 0.4) is 0 Å². The molecule has 1 saturated carbocycles. The number of sulfone groups is 1. The van der Waals surface area contributed by atoms with Crippen LogP contribution < -0.4 is 5.32 Å². The molecule has 0 unspecified atom stereocenters. The van der Waals surface area contributed by atoms with Gasteiger partial charge in [0.05, 0.1) is 28.9 Å². The molecular weight excluding hydrogens is 462 g/mol. The van der Waals surface area contributed by atoms with Gasteiger partial charge >= 0.3 is 0 Å². The molecule has 1 amide bonds. The second kappa shape index (κ2) is 10.1. The summed E-state index contributed by atoms with van der Waals surface area (Å²) in [7, 11) is -3.47. The minimum Gasteiger partial charge on any atom is -0.492 e. The molecule has 0 radical (unpaired) electrons. The zero-order chi connectivity index (χ0) is 23.4. The number of rotatable bonds is 6. The van der Waals surface area contributed by atoms with Gasteiger partial charge in [0.1, 0.15) is 11.5 Å². The largest absolute Gasteiger partial charge is 0.492 e. The third-order valence-corrected chi connectivity index (χ3v) is 7.35. The molecule has 0 spiro atoms. The quantitative estimate of drug-likeness (QED) is 0.582. The number of allylic oxidation sites excluding steroid dienone is 2. The first kappa shape index (κ1) is 23.4. The lowest BCUT2D eigenvalue weighted by Crippen LogP contribution is -2.16. The van der Waals surface area contributed by atoms with Gasteiger partial charge in [0, 0.05) is 11.8 Å². The van der Waals surface area contributed by atoms with E-state index in [0.717, 1.165) is 44.8 Å². The van der Waals surface area contributed by atoms with Crippen LogP contribution in [0.1, 0.15) is 49.8 Å². The first-order valence-corrected chi connectivity index (χ1v) is 13.3. The Hall–Kier alpha value is -2.71. The minimum absolute atomic E-state index is 0.0363. The normalized spacial score (nSPS) is 17.4. The van der Waals surface area contributed by atoms with Gasteiger partial charge in [0.15, 0.2) is 15.7 Å². The molecule has 0 bridgehead atoms. The molecule has 2 aliphatic rings. The molecule has 1 aliphatic carbocycles. The Morgan fingerprint density at radius 2 is 1.97 bits per heavy atom. The van der Waals surface area contributed by atoms with Gasteiger partial charge in [0.25, 0.3) is 5.91 Å². The van der Waals surface area contributed by atoms with Crippen molar-refractivity contribution in [3.8, 4) is 0 Å². The summed E-state index contributed by atoms with van der Waals surface area (Å²) in [5.41, 5.74) is 1.62. The number of halogens is 1. The summed E-state index contributed by atoms with van der Waals surface area (Å²) in [6.07, 6.45) is 14.3. The number of anilines is 1. The van der Waals surface area contributed by atoms with E-state index in [1.165, 1.54) is 18.3 Å². The van der Waals surface area contributed by atoms with Crippen molar-refractivity contribution < 1.29 is 17.9 Å². The SMILES string of the molecule is CS(=O)(=O)c1ccc(/C(=C\C2CCCC2)C(=O)Nc2cnc(C3=CCCCO3)cn2)cc1Cl. The molecule has 9 heteroatoms. The summed E-state index contributed by atoms with van der Waals surface area (Å²) in [4.78, 5) is 22.0. The first-order chi connectivity index (χ1) is 15.8. The van der Waals surface area contributed by atoms with Crippen LogP contribution in [-0.2, 0) is 19.4 Å². The summed E-state index contributed by atoms with van der Waals surface area (Å²) < 4.78 is 29.5. The lowest BCUT2D eigenvalue weighted by Gasteiger charge is -2.15. The predicted octanol–water partition coefficient (Wildman–Crippen LogP) is 4.90. The van der Waals surface area contributed by atoms with E-state index in [1.54, 1.807) is 12.3 Å². The number of nitrogens with one attached hydrogen (secondary N) is 1. The Morgan fingerprint density at radius 1 is 1.18 bits per heavy atom. The Labute approximate surface area is 198 Å². The van der Waals surface area contributed by atoms with Crippen LogP contribution in [0, 0.1) is 5.92 Å². The number of ether oxygens (including phenoxy) is 1. The number of hydrogen-bond donors (Lipinski definition) is 1. The van der Waals surface area contributed by atoms with Crippen LogP contribution >= 0.6 is 11.6 Å². The average Bonchev–Trinajstić information content (AvgIpc) is 3.31. The van der Waals surface area contributed by atoms with Crippen LogP contribution in [-0.4, -0.2) is 37.2 Å². The van der Waals surface area contributed by atoms with Crippen molar-refractivity contribution in [1.82, 2.24) is 9.97 Å². The van der Waals surface area contributed by atoms with Gasteiger partial charge in [-0.15, -0.1) is 0 Å². The Balaban J connectivity index is 1.59. The van der Waals surface area contributed by atoms with Gasteiger partial charge in [-0.05, 0) is 55.4 Å². The van der Waals surface area contributed by atoms with E-state index < -0.39 is 9.84 Å². The zero-order valence-electron chi connectivity index (χ0n) is 18.4. The molecule has 1 aromatic carbocycles. The summed E-state index contributed by atoms with van der Waals surface area (Å²) >= 11 is 6.25. The standard InChI is InChI=1S/C24H26ClN3O4S/c1-33(30,31)22-10-9-17(13-19(22)25)18(12-16-6-2-3-7-16)24(29)28-23-15-26-20(14-27-23)21-8-4-5-11-32-21/h8-10,12-16H,2-7,11H2,1H3,(H,27,28,29)/b18-12+. The summed E-state index contributed by atoms with van der Waals surface area (Å²) in [6, 6.07) is 4.58. The molecule has 1 fully saturated rings. The number of carbonyl (C=O) groups is 1. The Morgan fingerprint density at radius 3 is 2.58 bits per heavy atom. The lowest BCUT2D eigenvalue weighted by atomic mass is 9.98. The third-order valence-electron chi connectivity index (χ3n) is 5.77. The van der Waals surface area contributed by atoms with Crippen LogP contribution in [0.25, 0.3) is 11.3 Å². The number of carbonyl (C=O) groups excluding carboxylic acids is 1. The van der Waals surface area contributed by atoms with Crippen molar-refractivity contribution in [2.24, 2.45) is 5.92 Å². The predicted molar refractivity (Wildman–Crippen MR) is 128 cm³/mol. The Kier molecular flexibility index (Phi) is 7.14. The Bertz CT molecular complexity index is 1200. The zero-order valence-corrected chi connectivity index (χ0v) is 20.0. The third kappa shape index (κ3) is 5.81. The second-order valence-corrected chi connectivity index (χ2v) is 10.7. The van der Waals surface area contributed by atoms with Crippen LogP contribution in [0.4, 0.5) is 5.82 Å². The van der Waals surface area contributed by atoms with E-state index in [1.807, 2.05) is 12.2 Å². The number of nitrogens with zero attached hydrogens (tertiary/aromatic N) is 2. The van der Waals surface area contributed by atoms with Gasteiger partial charge in [0.2, 0.25) is 0 Å². The monoisotopic (exact) mass is 487 g/mol. The van der Waals surface area contributed by atoms with Crippen LogP contribution in [0.2, 0.25) is 5.02 Å². The lowest BCUT2D eigenvalue weighted by molar-refractivity contribution is -0.111. The molecule has 1 aromatic heterocycles. The smallest absolute Gasteiger partial charge is 0.257 e. The summed E-state index contributed by atoms with van der Waals surface area (Å²) in [6.45, 7) is 0.655. The topological polar surface area (TPSA) is 98.2 Å². The van der Waals surface area contributed by atoms with Crippen LogP contribution in [0.15, 0.2) is 47.6 Å². The molecule has 1 N–H and O–H groups in total. The van der Waals surface area contributed by atoms with Crippen molar-refractivity contribution >= 4 is 44.5 Å². The fourth-order valence-electron chi connectivity index (χ4n) is 4.07. The van der Waals surface area contributed by atoms with E-state index in [-0.39, 0.29) is 21.7 Å². The highest BCUT2D eigenvalue weighted by Gasteiger charge is 2.21. The van der Waals surface area contributed by atoms with Gasteiger partial charge in [-0.1, -0.05) is 36.6 Å². The molecule has 0 atom stereocenters. The molecule has 1 aliphatic heterocycles. The highest BCUT2D eigenvalue weighted by molar-refractivity contribution is 7.90. The molecule has 0 saturated heterocycles.